The molecule has 0 unspecified atom stereocenters. The number of carbonyl (C=O) groups is 1. The van der Waals surface area contributed by atoms with Crippen LogP contribution < -0.4 is 5.32 Å². The highest BCUT2D eigenvalue weighted by Crippen LogP contribution is 2.29. The van der Waals surface area contributed by atoms with E-state index in [4.69, 9.17) is 4.74 Å². The van der Waals surface area contributed by atoms with E-state index in [1.165, 1.54) is 18.4 Å². The third-order valence-electron chi connectivity index (χ3n) is 2.63. The highest BCUT2D eigenvalue weighted by Gasteiger charge is 2.17. The van der Waals surface area contributed by atoms with E-state index in [0.717, 1.165) is 10.6 Å². The molecule has 2 aromatic heterocycles. The van der Waals surface area contributed by atoms with Gasteiger partial charge in [-0.3, -0.25) is 4.79 Å². The van der Waals surface area contributed by atoms with Gasteiger partial charge in [0.25, 0.3) is 5.91 Å². The summed E-state index contributed by atoms with van der Waals surface area (Å²) in [5.41, 5.74) is 1.73. The zero-order valence-electron chi connectivity index (χ0n) is 11.3. The maximum atomic E-state index is 12.1. The maximum absolute atomic E-state index is 12.1. The van der Waals surface area contributed by atoms with Crippen LogP contribution >= 0.6 is 22.7 Å². The number of amides is 1. The van der Waals surface area contributed by atoms with Crippen molar-refractivity contribution in [2.75, 3.05) is 20.3 Å². The molecule has 0 aromatic carbocycles. The van der Waals surface area contributed by atoms with Crippen molar-refractivity contribution >= 4 is 28.6 Å². The summed E-state index contributed by atoms with van der Waals surface area (Å²) in [5, 5.41) is 17.0. The fourth-order valence-corrected chi connectivity index (χ4v) is 3.35. The molecule has 2 rings (SSSR count). The number of nitrogens with zero attached hydrogens (tertiary/aromatic N) is 1. The lowest BCUT2D eigenvalue weighted by atomic mass is 10.3. The van der Waals surface area contributed by atoms with Crippen molar-refractivity contribution in [3.05, 3.63) is 27.4 Å². The molecule has 0 saturated heterocycles. The van der Waals surface area contributed by atoms with Crippen LogP contribution in [0.15, 0.2) is 16.8 Å². The SMILES string of the molecule is COC[C@H](O)CNC(=O)c1sc(-c2ccsc2)nc1C. The summed E-state index contributed by atoms with van der Waals surface area (Å²) in [6.45, 7) is 2.17. The minimum atomic E-state index is -0.700. The van der Waals surface area contributed by atoms with Gasteiger partial charge >= 0.3 is 0 Å². The average Bonchev–Trinajstić information content (AvgIpc) is 3.05. The van der Waals surface area contributed by atoms with E-state index in [9.17, 15) is 9.90 Å². The average molecular weight is 312 g/mol. The van der Waals surface area contributed by atoms with E-state index in [2.05, 4.69) is 10.3 Å². The van der Waals surface area contributed by atoms with Crippen LogP contribution in [-0.4, -0.2) is 42.4 Å². The number of aromatic nitrogens is 1. The summed E-state index contributed by atoms with van der Waals surface area (Å²) < 4.78 is 4.81. The number of ether oxygens (including phenoxy) is 1. The van der Waals surface area contributed by atoms with Gasteiger partial charge in [-0.15, -0.1) is 11.3 Å². The fraction of sp³-hybridized carbons (Fsp3) is 0.385. The predicted octanol–water partition coefficient (Wildman–Crippen LogP) is 1.92. The topological polar surface area (TPSA) is 71.5 Å². The summed E-state index contributed by atoms with van der Waals surface area (Å²) >= 11 is 2.96. The Balaban J connectivity index is 2.03. The van der Waals surface area contributed by atoms with Crippen molar-refractivity contribution in [2.24, 2.45) is 0 Å². The summed E-state index contributed by atoms with van der Waals surface area (Å²) in [7, 11) is 1.51. The van der Waals surface area contributed by atoms with E-state index in [0.29, 0.717) is 10.6 Å². The number of aryl methyl sites for hydroxylation is 1. The molecule has 0 bridgehead atoms. The van der Waals surface area contributed by atoms with Crippen LogP contribution in [-0.2, 0) is 4.74 Å². The van der Waals surface area contributed by atoms with E-state index >= 15 is 0 Å². The Bertz CT molecular complexity index is 566. The monoisotopic (exact) mass is 312 g/mol. The van der Waals surface area contributed by atoms with Gasteiger partial charge in [0.1, 0.15) is 9.88 Å². The molecule has 5 nitrogen and oxygen atoms in total. The van der Waals surface area contributed by atoms with Crippen LogP contribution in [0.1, 0.15) is 15.4 Å². The molecule has 20 heavy (non-hydrogen) atoms. The van der Waals surface area contributed by atoms with Crippen molar-refractivity contribution in [1.82, 2.24) is 10.3 Å². The summed E-state index contributed by atoms with van der Waals surface area (Å²) in [4.78, 5) is 17.1. The van der Waals surface area contributed by atoms with Crippen LogP contribution in [0.5, 0.6) is 0 Å². The predicted molar refractivity (Wildman–Crippen MR) is 80.4 cm³/mol. The van der Waals surface area contributed by atoms with Gasteiger partial charge in [-0.2, -0.15) is 11.3 Å². The first-order valence-corrected chi connectivity index (χ1v) is 7.83. The van der Waals surface area contributed by atoms with Gasteiger partial charge in [-0.1, -0.05) is 0 Å². The number of aliphatic hydroxyl groups is 1. The van der Waals surface area contributed by atoms with Crippen LogP contribution in [0.2, 0.25) is 0 Å². The van der Waals surface area contributed by atoms with E-state index in [1.54, 1.807) is 11.3 Å². The third-order valence-corrected chi connectivity index (χ3v) is 4.52. The third kappa shape index (κ3) is 3.63. The molecule has 2 N–H and O–H groups in total. The van der Waals surface area contributed by atoms with Crippen molar-refractivity contribution in [3.63, 3.8) is 0 Å². The number of hydrogen-bond acceptors (Lipinski definition) is 6. The van der Waals surface area contributed by atoms with Crippen LogP contribution in [0, 0.1) is 6.92 Å². The molecule has 7 heteroatoms. The minimum Gasteiger partial charge on any atom is -0.389 e. The van der Waals surface area contributed by atoms with Crippen molar-refractivity contribution in [1.29, 1.82) is 0 Å². The second kappa shape index (κ2) is 6.94. The summed E-state index contributed by atoms with van der Waals surface area (Å²) in [5.74, 6) is -0.211. The summed E-state index contributed by atoms with van der Waals surface area (Å²) in [6, 6.07) is 1.98. The normalized spacial score (nSPS) is 12.3. The largest absolute Gasteiger partial charge is 0.389 e. The molecule has 0 fully saturated rings. The first-order valence-electron chi connectivity index (χ1n) is 6.07. The standard InChI is InChI=1S/C13H16N2O3S2/c1-8-11(12(17)14-5-10(16)6-18-2)20-13(15-8)9-3-4-19-7-9/h3-4,7,10,16H,5-6H2,1-2H3,(H,14,17)/t10-/m1/s1. The smallest absolute Gasteiger partial charge is 0.263 e. The Morgan fingerprint density at radius 3 is 3.05 bits per heavy atom. The van der Waals surface area contributed by atoms with Gasteiger partial charge in [0.2, 0.25) is 0 Å². The second-order valence-electron chi connectivity index (χ2n) is 4.26. The molecule has 0 spiro atoms. The first-order chi connectivity index (χ1) is 9.61. The number of thiazole rings is 1. The lowest BCUT2D eigenvalue weighted by molar-refractivity contribution is 0.0610. The molecule has 0 aliphatic rings. The van der Waals surface area contributed by atoms with Gasteiger partial charge < -0.3 is 15.2 Å². The van der Waals surface area contributed by atoms with Crippen LogP contribution in [0.25, 0.3) is 10.6 Å². The van der Waals surface area contributed by atoms with Crippen molar-refractivity contribution in [2.45, 2.75) is 13.0 Å². The highest BCUT2D eigenvalue weighted by molar-refractivity contribution is 7.17. The number of methoxy groups -OCH3 is 1. The fourth-order valence-electron chi connectivity index (χ4n) is 1.66. The van der Waals surface area contributed by atoms with Crippen LogP contribution in [0.3, 0.4) is 0 Å². The molecule has 1 amide bonds. The van der Waals surface area contributed by atoms with Gasteiger partial charge in [-0.25, -0.2) is 4.98 Å². The molecule has 2 aromatic rings. The molecule has 2 heterocycles. The van der Waals surface area contributed by atoms with Crippen molar-refractivity contribution in [3.8, 4) is 10.6 Å². The molecule has 0 saturated carbocycles. The zero-order valence-corrected chi connectivity index (χ0v) is 12.9. The molecule has 0 aliphatic heterocycles. The number of aliphatic hydroxyl groups excluding tert-OH is 1. The number of thiophene rings is 1. The van der Waals surface area contributed by atoms with Crippen LogP contribution in [0.4, 0.5) is 0 Å². The quantitative estimate of drug-likeness (QED) is 0.855. The lowest BCUT2D eigenvalue weighted by Gasteiger charge is -2.09. The number of carbonyl (C=O) groups excluding carboxylic acids is 1. The molecular formula is C13H16N2O3S2. The molecule has 108 valence electrons. The number of nitrogens with one attached hydrogen (secondary N) is 1. The maximum Gasteiger partial charge on any atom is 0.263 e. The van der Waals surface area contributed by atoms with Gasteiger partial charge in [0, 0.05) is 24.6 Å². The molecule has 0 radical (unpaired) electrons. The van der Waals surface area contributed by atoms with Gasteiger partial charge in [-0.05, 0) is 18.4 Å². The van der Waals surface area contributed by atoms with E-state index < -0.39 is 6.10 Å². The zero-order chi connectivity index (χ0) is 14.5. The minimum absolute atomic E-state index is 0.164. The summed E-state index contributed by atoms with van der Waals surface area (Å²) in [6.07, 6.45) is -0.700. The van der Waals surface area contributed by atoms with E-state index in [-0.39, 0.29) is 19.1 Å². The van der Waals surface area contributed by atoms with Gasteiger partial charge in [0.05, 0.1) is 18.4 Å². The Hall–Kier alpha value is -1.28. The Morgan fingerprint density at radius 1 is 1.60 bits per heavy atom. The first kappa shape index (κ1) is 15.1. The van der Waals surface area contributed by atoms with E-state index in [1.807, 2.05) is 23.8 Å². The number of hydrogen-bond donors (Lipinski definition) is 2. The molecule has 0 aliphatic carbocycles. The van der Waals surface area contributed by atoms with Gasteiger partial charge in [0.15, 0.2) is 0 Å². The highest BCUT2D eigenvalue weighted by atomic mass is 32.1. The lowest BCUT2D eigenvalue weighted by Crippen LogP contribution is -2.34. The molecular weight excluding hydrogens is 296 g/mol. The Morgan fingerprint density at radius 2 is 2.40 bits per heavy atom. The van der Waals surface area contributed by atoms with Crippen molar-refractivity contribution < 1.29 is 14.6 Å². The Kier molecular flexibility index (Phi) is 5.24. The molecule has 1 atom stereocenters. The second-order valence-corrected chi connectivity index (χ2v) is 6.04. The number of rotatable bonds is 6. The Labute approximate surface area is 125 Å².